The fourth-order valence-corrected chi connectivity index (χ4v) is 0.572. The monoisotopic (exact) mass is 110 g/mol. The smallest absolute Gasteiger partial charge is 0.191 e. The lowest BCUT2D eigenvalue weighted by atomic mass is 10.4. The number of rotatable bonds is 0. The summed E-state index contributed by atoms with van der Waals surface area (Å²) in [7, 11) is 0. The molecule has 0 atom stereocenters. The fourth-order valence-electron chi connectivity index (χ4n) is 0.572. The highest BCUT2D eigenvalue weighted by Gasteiger charge is 1.97. The van der Waals surface area contributed by atoms with E-state index in [9.17, 15) is 0 Å². The van der Waals surface area contributed by atoms with Crippen molar-refractivity contribution in [1.82, 2.24) is 4.98 Å². The highest BCUT2D eigenvalue weighted by Crippen LogP contribution is 2.05. The molecule has 0 bridgehead atoms. The van der Waals surface area contributed by atoms with Gasteiger partial charge >= 0.3 is 0 Å². The molecule has 0 amide bonds. The molecule has 0 aliphatic heterocycles. The van der Waals surface area contributed by atoms with E-state index in [1.54, 1.807) is 0 Å². The average Bonchev–Trinajstić information content (AvgIpc) is 1.85. The maximum atomic E-state index is 5.04. The Morgan fingerprint density at radius 2 is 2.12 bits per heavy atom. The Balaban J connectivity index is 3.14. The normalized spacial score (nSPS) is 9.88. The molecule has 1 aromatic heterocycles. The van der Waals surface area contributed by atoms with Crippen LogP contribution in [0.1, 0.15) is 17.3 Å². The summed E-state index contributed by atoms with van der Waals surface area (Å²) in [6, 6.07) is 0. The third kappa shape index (κ3) is 0.735. The summed E-state index contributed by atoms with van der Waals surface area (Å²) in [6.45, 7) is 7.29. The molecule has 0 aliphatic rings. The van der Waals surface area contributed by atoms with Gasteiger partial charge in [-0.05, 0) is 13.8 Å². The summed E-state index contributed by atoms with van der Waals surface area (Å²) >= 11 is 0. The van der Waals surface area contributed by atoms with E-state index in [4.69, 9.17) is 4.42 Å². The molecule has 2 heteroatoms. The highest BCUT2D eigenvalue weighted by atomic mass is 16.4. The van der Waals surface area contributed by atoms with Crippen molar-refractivity contribution < 1.29 is 4.42 Å². The van der Waals surface area contributed by atoms with Gasteiger partial charge in [-0.1, -0.05) is 0 Å². The molecular formula is C6H8NO. The van der Waals surface area contributed by atoms with Gasteiger partial charge in [-0.3, -0.25) is 0 Å². The van der Waals surface area contributed by atoms with Crippen molar-refractivity contribution in [2.75, 3.05) is 0 Å². The van der Waals surface area contributed by atoms with Crippen LogP contribution in [-0.2, 0) is 0 Å². The summed E-state index contributed by atoms with van der Waals surface area (Å²) in [5.74, 6) is 1.50. The van der Waals surface area contributed by atoms with Gasteiger partial charge in [0, 0.05) is 6.92 Å². The minimum Gasteiger partial charge on any atom is -0.446 e. The van der Waals surface area contributed by atoms with Crippen LogP contribution in [0.2, 0.25) is 0 Å². The van der Waals surface area contributed by atoms with Gasteiger partial charge in [0.25, 0.3) is 0 Å². The van der Waals surface area contributed by atoms with Crippen LogP contribution in [-0.4, -0.2) is 4.98 Å². The second-order valence-corrected chi connectivity index (χ2v) is 1.74. The van der Waals surface area contributed by atoms with Gasteiger partial charge in [-0.25, -0.2) is 4.98 Å². The molecule has 43 valence electrons. The first-order valence-electron chi connectivity index (χ1n) is 2.46. The van der Waals surface area contributed by atoms with Crippen LogP contribution in [0.15, 0.2) is 4.42 Å². The second-order valence-electron chi connectivity index (χ2n) is 1.74. The Kier molecular flexibility index (Phi) is 1.08. The van der Waals surface area contributed by atoms with E-state index in [2.05, 4.69) is 11.9 Å². The van der Waals surface area contributed by atoms with Crippen molar-refractivity contribution in [2.24, 2.45) is 0 Å². The number of hydrogen-bond acceptors (Lipinski definition) is 2. The van der Waals surface area contributed by atoms with E-state index in [-0.39, 0.29) is 0 Å². The maximum Gasteiger partial charge on any atom is 0.191 e. The summed E-state index contributed by atoms with van der Waals surface area (Å²) in [5.41, 5.74) is 0.738. The molecule has 2 nitrogen and oxygen atoms in total. The first kappa shape index (κ1) is 5.35. The van der Waals surface area contributed by atoms with Crippen LogP contribution < -0.4 is 0 Å². The highest BCUT2D eigenvalue weighted by molar-refractivity contribution is 5.10. The number of oxazole rings is 1. The Morgan fingerprint density at radius 1 is 1.50 bits per heavy atom. The fraction of sp³-hybridized carbons (Fsp3) is 0.333. The molecule has 0 aromatic carbocycles. The standard InChI is InChI=1S/C6H8NO/c1-4-5(2)8-6(3)7-4/h1H2,2-3H3. The molecule has 8 heavy (non-hydrogen) atoms. The van der Waals surface area contributed by atoms with Crippen LogP contribution in [0.3, 0.4) is 0 Å². The molecule has 0 aliphatic carbocycles. The van der Waals surface area contributed by atoms with Crippen LogP contribution in [0.4, 0.5) is 0 Å². The lowest BCUT2D eigenvalue weighted by Gasteiger charge is -1.77. The van der Waals surface area contributed by atoms with Crippen molar-refractivity contribution in [1.29, 1.82) is 0 Å². The topological polar surface area (TPSA) is 26.0 Å². The van der Waals surface area contributed by atoms with Crippen molar-refractivity contribution >= 4 is 0 Å². The zero-order valence-corrected chi connectivity index (χ0v) is 5.06. The summed E-state index contributed by atoms with van der Waals surface area (Å²) in [4.78, 5) is 3.93. The van der Waals surface area contributed by atoms with E-state index in [0.29, 0.717) is 5.89 Å². The van der Waals surface area contributed by atoms with Crippen molar-refractivity contribution in [3.05, 3.63) is 24.3 Å². The summed E-state index contributed by atoms with van der Waals surface area (Å²) in [5, 5.41) is 0. The molecule has 0 fully saturated rings. The minimum atomic E-state index is 0.688. The van der Waals surface area contributed by atoms with Crippen molar-refractivity contribution in [3.8, 4) is 0 Å². The largest absolute Gasteiger partial charge is 0.446 e. The quantitative estimate of drug-likeness (QED) is 0.505. The molecule has 0 saturated carbocycles. The predicted octanol–water partition coefficient (Wildman–Crippen LogP) is 1.47. The third-order valence-corrected chi connectivity index (χ3v) is 1.000. The Hall–Kier alpha value is -0.790. The Bertz CT molecular complexity index is 171. The number of nitrogens with zero attached hydrogens (tertiary/aromatic N) is 1. The molecule has 0 saturated heterocycles. The predicted molar refractivity (Wildman–Crippen MR) is 30.4 cm³/mol. The number of aryl methyl sites for hydroxylation is 2. The van der Waals surface area contributed by atoms with Gasteiger partial charge in [0.2, 0.25) is 0 Å². The molecule has 1 heterocycles. The molecular weight excluding hydrogens is 102 g/mol. The van der Waals surface area contributed by atoms with E-state index >= 15 is 0 Å². The maximum absolute atomic E-state index is 5.04. The van der Waals surface area contributed by atoms with Crippen molar-refractivity contribution in [3.63, 3.8) is 0 Å². The zero-order valence-electron chi connectivity index (χ0n) is 5.06. The lowest BCUT2D eigenvalue weighted by molar-refractivity contribution is 0.494. The van der Waals surface area contributed by atoms with Gasteiger partial charge in [-0.15, -0.1) is 0 Å². The first-order valence-corrected chi connectivity index (χ1v) is 2.46. The molecule has 0 N–H and O–H groups in total. The third-order valence-electron chi connectivity index (χ3n) is 1.000. The van der Waals surface area contributed by atoms with E-state index in [1.165, 1.54) is 0 Å². The average molecular weight is 110 g/mol. The minimum absolute atomic E-state index is 0.688. The van der Waals surface area contributed by atoms with E-state index < -0.39 is 0 Å². The van der Waals surface area contributed by atoms with Crippen LogP contribution in [0.25, 0.3) is 0 Å². The Morgan fingerprint density at radius 3 is 2.25 bits per heavy atom. The molecule has 0 unspecified atom stereocenters. The first-order chi connectivity index (χ1) is 3.70. The molecule has 0 spiro atoms. The van der Waals surface area contributed by atoms with Crippen LogP contribution in [0.5, 0.6) is 0 Å². The van der Waals surface area contributed by atoms with Gasteiger partial charge < -0.3 is 4.42 Å². The van der Waals surface area contributed by atoms with E-state index in [1.807, 2.05) is 13.8 Å². The van der Waals surface area contributed by atoms with Gasteiger partial charge in [0.15, 0.2) is 5.89 Å². The van der Waals surface area contributed by atoms with Crippen LogP contribution in [0, 0.1) is 20.8 Å². The second kappa shape index (κ2) is 1.62. The van der Waals surface area contributed by atoms with Gasteiger partial charge in [0.1, 0.15) is 5.76 Å². The number of aromatic nitrogens is 1. The summed E-state index contributed by atoms with van der Waals surface area (Å²) < 4.78 is 5.04. The van der Waals surface area contributed by atoms with E-state index in [0.717, 1.165) is 11.5 Å². The molecule has 1 radical (unpaired) electrons. The summed E-state index contributed by atoms with van der Waals surface area (Å²) in [6.07, 6.45) is 0. The van der Waals surface area contributed by atoms with Gasteiger partial charge in [-0.2, -0.15) is 0 Å². The zero-order chi connectivity index (χ0) is 6.15. The molecule has 1 rings (SSSR count). The molecule has 1 aromatic rings. The SMILES string of the molecule is [CH2]c1nc(C)oc1C. The number of hydrogen-bond donors (Lipinski definition) is 0. The lowest BCUT2D eigenvalue weighted by Crippen LogP contribution is -1.71. The Labute approximate surface area is 48.5 Å². The van der Waals surface area contributed by atoms with Gasteiger partial charge in [0.05, 0.1) is 5.69 Å². The van der Waals surface area contributed by atoms with Crippen molar-refractivity contribution in [2.45, 2.75) is 13.8 Å². The van der Waals surface area contributed by atoms with Crippen LogP contribution >= 0.6 is 0 Å².